The molecule has 220 valence electrons. The van der Waals surface area contributed by atoms with Crippen molar-refractivity contribution in [3.05, 3.63) is 83.9 Å². The molecular formula is C39H52O2. The Hall–Kier alpha value is -2.87. The minimum absolute atomic E-state index is 0.210. The number of carboxylic acids is 1. The molecule has 41 heavy (non-hydrogen) atoms. The van der Waals surface area contributed by atoms with E-state index in [0.717, 1.165) is 43.9 Å². The van der Waals surface area contributed by atoms with Crippen molar-refractivity contribution >= 4 is 5.97 Å². The SMILES string of the molecule is CCCCCCC[C@H]1CC[C@H](c2ccc(-c3ccccc3-c3ccc(CCCC(CCC)C(=O)O)cc3)cc2)CC1. The number of benzene rings is 3. The molecule has 1 atom stereocenters. The van der Waals surface area contributed by atoms with Crippen LogP contribution in [-0.4, -0.2) is 11.1 Å². The average Bonchev–Trinajstić information content (AvgIpc) is 3.01. The molecule has 2 nitrogen and oxygen atoms in total. The van der Waals surface area contributed by atoms with Gasteiger partial charge in [0, 0.05) is 0 Å². The van der Waals surface area contributed by atoms with Crippen molar-refractivity contribution in [2.45, 2.75) is 116 Å². The van der Waals surface area contributed by atoms with Gasteiger partial charge in [0.25, 0.3) is 0 Å². The van der Waals surface area contributed by atoms with Crippen LogP contribution in [0.15, 0.2) is 72.8 Å². The summed E-state index contributed by atoms with van der Waals surface area (Å²) in [6, 6.07) is 27.0. The summed E-state index contributed by atoms with van der Waals surface area (Å²) < 4.78 is 0. The van der Waals surface area contributed by atoms with Crippen LogP contribution in [0.3, 0.4) is 0 Å². The molecule has 1 saturated carbocycles. The van der Waals surface area contributed by atoms with E-state index >= 15 is 0 Å². The van der Waals surface area contributed by atoms with Gasteiger partial charge in [0.2, 0.25) is 0 Å². The van der Waals surface area contributed by atoms with Gasteiger partial charge in [-0.25, -0.2) is 0 Å². The van der Waals surface area contributed by atoms with Crippen LogP contribution in [-0.2, 0) is 11.2 Å². The number of hydrogen-bond donors (Lipinski definition) is 1. The van der Waals surface area contributed by atoms with Gasteiger partial charge in [-0.15, -0.1) is 0 Å². The van der Waals surface area contributed by atoms with Crippen LogP contribution in [0.4, 0.5) is 0 Å². The third-order valence-electron chi connectivity index (χ3n) is 9.45. The molecule has 0 spiro atoms. The standard InChI is InChI=1S/C39H52O2/c1-3-5-6-7-8-13-30-18-22-32(23-19-30)33-26-28-35(29-27-33)38-17-10-9-16-37(38)34-24-20-31(21-25-34)14-11-15-36(12-4-2)39(40)41/h9-10,16-17,20-21,24-30,32,36H,3-8,11-15,18-19,22-23H2,1-2H3,(H,40,41)/t30-,32-,36?. The smallest absolute Gasteiger partial charge is 0.306 e. The van der Waals surface area contributed by atoms with E-state index in [2.05, 4.69) is 86.6 Å². The highest BCUT2D eigenvalue weighted by molar-refractivity contribution is 5.83. The van der Waals surface area contributed by atoms with Crippen LogP contribution in [0.2, 0.25) is 0 Å². The molecule has 0 aliphatic heterocycles. The van der Waals surface area contributed by atoms with Gasteiger partial charge in [0.05, 0.1) is 5.92 Å². The Morgan fingerprint density at radius 1 is 0.707 bits per heavy atom. The lowest BCUT2D eigenvalue weighted by Crippen LogP contribution is -2.13. The van der Waals surface area contributed by atoms with Crippen molar-refractivity contribution in [2.75, 3.05) is 0 Å². The molecule has 1 fully saturated rings. The fourth-order valence-corrected chi connectivity index (χ4v) is 6.89. The Labute approximate surface area is 249 Å². The zero-order chi connectivity index (χ0) is 28.9. The highest BCUT2D eigenvalue weighted by Crippen LogP contribution is 2.39. The Kier molecular flexibility index (Phi) is 12.5. The van der Waals surface area contributed by atoms with Gasteiger partial charge in [-0.1, -0.05) is 132 Å². The summed E-state index contributed by atoms with van der Waals surface area (Å²) in [4.78, 5) is 11.4. The topological polar surface area (TPSA) is 37.3 Å². The maximum absolute atomic E-state index is 11.4. The number of aryl methyl sites for hydroxylation is 1. The summed E-state index contributed by atoms with van der Waals surface area (Å²) in [5.41, 5.74) is 7.85. The van der Waals surface area contributed by atoms with Crippen molar-refractivity contribution in [3.63, 3.8) is 0 Å². The second-order valence-corrected chi connectivity index (χ2v) is 12.5. The molecule has 0 amide bonds. The molecule has 0 bridgehead atoms. The van der Waals surface area contributed by atoms with E-state index in [4.69, 9.17) is 0 Å². The van der Waals surface area contributed by atoms with Gasteiger partial charge >= 0.3 is 5.97 Å². The maximum atomic E-state index is 11.4. The second kappa shape index (κ2) is 16.5. The molecule has 0 radical (unpaired) electrons. The Bertz CT molecular complexity index is 1170. The van der Waals surface area contributed by atoms with Crippen LogP contribution in [0.25, 0.3) is 22.3 Å². The minimum Gasteiger partial charge on any atom is -0.481 e. The average molecular weight is 553 g/mol. The van der Waals surface area contributed by atoms with Crippen LogP contribution in [0.1, 0.15) is 121 Å². The molecule has 2 heteroatoms. The lowest BCUT2D eigenvalue weighted by Gasteiger charge is -2.29. The minimum atomic E-state index is -0.650. The number of unbranched alkanes of at least 4 members (excludes halogenated alkanes) is 4. The highest BCUT2D eigenvalue weighted by atomic mass is 16.4. The summed E-state index contributed by atoms with van der Waals surface area (Å²) >= 11 is 0. The van der Waals surface area contributed by atoms with Crippen molar-refractivity contribution in [1.29, 1.82) is 0 Å². The summed E-state index contributed by atoms with van der Waals surface area (Å²) in [6.45, 7) is 4.35. The Morgan fingerprint density at radius 3 is 1.90 bits per heavy atom. The van der Waals surface area contributed by atoms with Gasteiger partial charge in [0.1, 0.15) is 0 Å². The van der Waals surface area contributed by atoms with Gasteiger partial charge in [-0.05, 0) is 96.6 Å². The van der Waals surface area contributed by atoms with Crippen LogP contribution < -0.4 is 0 Å². The molecular weight excluding hydrogens is 500 g/mol. The monoisotopic (exact) mass is 552 g/mol. The van der Waals surface area contributed by atoms with Gasteiger partial charge < -0.3 is 5.11 Å². The zero-order valence-corrected chi connectivity index (χ0v) is 25.6. The number of aliphatic carboxylic acids is 1. The van der Waals surface area contributed by atoms with Gasteiger partial charge in [-0.3, -0.25) is 4.79 Å². The molecule has 1 N–H and O–H groups in total. The first-order valence-corrected chi connectivity index (χ1v) is 16.6. The number of carboxylic acid groups (broad SMARTS) is 1. The lowest BCUT2D eigenvalue weighted by molar-refractivity contribution is -0.142. The fourth-order valence-electron chi connectivity index (χ4n) is 6.89. The molecule has 0 heterocycles. The van der Waals surface area contributed by atoms with E-state index in [1.165, 1.54) is 97.6 Å². The van der Waals surface area contributed by atoms with Gasteiger partial charge in [-0.2, -0.15) is 0 Å². The van der Waals surface area contributed by atoms with Crippen molar-refractivity contribution in [3.8, 4) is 22.3 Å². The van der Waals surface area contributed by atoms with Crippen molar-refractivity contribution in [1.82, 2.24) is 0 Å². The Morgan fingerprint density at radius 2 is 1.32 bits per heavy atom. The lowest BCUT2D eigenvalue weighted by atomic mass is 9.77. The van der Waals surface area contributed by atoms with E-state index in [1.54, 1.807) is 0 Å². The molecule has 1 aliphatic carbocycles. The van der Waals surface area contributed by atoms with E-state index in [0.29, 0.717) is 0 Å². The van der Waals surface area contributed by atoms with E-state index in [1.807, 2.05) is 0 Å². The fraction of sp³-hybridized carbons (Fsp3) is 0.513. The van der Waals surface area contributed by atoms with Gasteiger partial charge in [0.15, 0.2) is 0 Å². The molecule has 3 aromatic carbocycles. The quantitative estimate of drug-likeness (QED) is 0.179. The Balaban J connectivity index is 1.33. The predicted molar refractivity (Wildman–Crippen MR) is 174 cm³/mol. The molecule has 4 rings (SSSR count). The largest absolute Gasteiger partial charge is 0.481 e. The molecule has 0 aromatic heterocycles. The van der Waals surface area contributed by atoms with E-state index in [-0.39, 0.29) is 5.92 Å². The molecule has 0 saturated heterocycles. The normalized spacial score (nSPS) is 17.8. The van der Waals surface area contributed by atoms with Crippen LogP contribution in [0, 0.1) is 11.8 Å². The first kappa shape index (κ1) is 31.1. The second-order valence-electron chi connectivity index (χ2n) is 12.5. The molecule has 3 aromatic rings. The first-order valence-electron chi connectivity index (χ1n) is 16.6. The summed E-state index contributed by atoms with van der Waals surface area (Å²) in [5.74, 6) is 0.810. The molecule has 1 unspecified atom stereocenters. The highest BCUT2D eigenvalue weighted by Gasteiger charge is 2.22. The van der Waals surface area contributed by atoms with Crippen molar-refractivity contribution < 1.29 is 9.90 Å². The first-order chi connectivity index (χ1) is 20.1. The van der Waals surface area contributed by atoms with Crippen molar-refractivity contribution in [2.24, 2.45) is 11.8 Å². The third-order valence-corrected chi connectivity index (χ3v) is 9.45. The number of rotatable bonds is 16. The van der Waals surface area contributed by atoms with E-state index < -0.39 is 5.97 Å². The summed E-state index contributed by atoms with van der Waals surface area (Å²) in [5, 5.41) is 9.42. The van der Waals surface area contributed by atoms with E-state index in [9.17, 15) is 9.90 Å². The summed E-state index contributed by atoms with van der Waals surface area (Å²) in [7, 11) is 0. The van der Waals surface area contributed by atoms with Crippen LogP contribution in [0.5, 0.6) is 0 Å². The number of hydrogen-bond acceptors (Lipinski definition) is 1. The zero-order valence-electron chi connectivity index (χ0n) is 25.6. The third kappa shape index (κ3) is 9.32. The van der Waals surface area contributed by atoms with Crippen LogP contribution >= 0.6 is 0 Å². The maximum Gasteiger partial charge on any atom is 0.306 e. The number of carbonyl (C=O) groups is 1. The molecule has 1 aliphatic rings. The summed E-state index contributed by atoms with van der Waals surface area (Å²) in [6.07, 6.45) is 18.2. The predicted octanol–water partition coefficient (Wildman–Crippen LogP) is 11.5.